The van der Waals surface area contributed by atoms with E-state index in [1.165, 1.54) is 27.8 Å². The number of benzene rings is 5. The number of aromatic nitrogens is 2. The SMILES string of the molecule is CC1(C)C2=C(CC(c3cccc(-c4nc(-c5ccccc5)cc(-c5ccccc5)n4)c3)C=C2)c2ccc(Oc3ccccc3)cc21. The summed E-state index contributed by atoms with van der Waals surface area (Å²) in [6, 6.07) is 48.1. The number of nitrogens with zero attached hydrogens (tertiary/aromatic N) is 2. The second-order valence-corrected chi connectivity index (χ2v) is 12.6. The fourth-order valence-electron chi connectivity index (χ4n) is 6.92. The van der Waals surface area contributed by atoms with Gasteiger partial charge in [-0.15, -0.1) is 0 Å². The number of fused-ring (bicyclic) bond motifs is 2. The number of rotatable bonds is 6. The van der Waals surface area contributed by atoms with Gasteiger partial charge in [-0.25, -0.2) is 9.97 Å². The molecular formula is C43H34N2O. The van der Waals surface area contributed by atoms with Crippen molar-refractivity contribution in [2.75, 3.05) is 0 Å². The molecule has 222 valence electrons. The molecule has 0 saturated heterocycles. The molecule has 2 aliphatic rings. The Hall–Kier alpha value is -5.54. The van der Waals surface area contributed by atoms with Crippen molar-refractivity contribution in [3.8, 4) is 45.4 Å². The maximum absolute atomic E-state index is 6.22. The van der Waals surface area contributed by atoms with Gasteiger partial charge in [0.2, 0.25) is 0 Å². The molecule has 3 heteroatoms. The average molecular weight is 595 g/mol. The van der Waals surface area contributed by atoms with Crippen LogP contribution in [0.25, 0.3) is 39.5 Å². The summed E-state index contributed by atoms with van der Waals surface area (Å²) in [6.07, 6.45) is 5.68. The Bertz CT molecular complexity index is 2050. The van der Waals surface area contributed by atoms with Crippen LogP contribution in [0.5, 0.6) is 11.5 Å². The average Bonchev–Trinajstić information content (AvgIpc) is 3.34. The zero-order valence-corrected chi connectivity index (χ0v) is 26.0. The predicted octanol–water partition coefficient (Wildman–Crippen LogP) is 11.1. The third-order valence-electron chi connectivity index (χ3n) is 9.32. The Balaban J connectivity index is 1.12. The molecule has 2 aliphatic carbocycles. The highest BCUT2D eigenvalue weighted by Crippen LogP contribution is 2.53. The molecule has 0 saturated carbocycles. The number of hydrogen-bond donors (Lipinski definition) is 0. The largest absolute Gasteiger partial charge is 0.457 e. The summed E-state index contributed by atoms with van der Waals surface area (Å²) in [5.74, 6) is 2.72. The molecule has 0 radical (unpaired) electrons. The Morgan fingerprint density at radius 3 is 1.91 bits per heavy atom. The van der Waals surface area contributed by atoms with Crippen molar-refractivity contribution in [1.82, 2.24) is 9.97 Å². The van der Waals surface area contributed by atoms with E-state index in [0.717, 1.165) is 51.8 Å². The molecular weight excluding hydrogens is 560 g/mol. The van der Waals surface area contributed by atoms with Gasteiger partial charge >= 0.3 is 0 Å². The molecule has 1 aromatic heterocycles. The molecule has 3 nitrogen and oxygen atoms in total. The van der Waals surface area contributed by atoms with Crippen molar-refractivity contribution in [3.05, 3.63) is 174 Å². The molecule has 1 atom stereocenters. The van der Waals surface area contributed by atoms with Crippen LogP contribution in [0.4, 0.5) is 0 Å². The van der Waals surface area contributed by atoms with Gasteiger partial charge in [-0.2, -0.15) is 0 Å². The minimum Gasteiger partial charge on any atom is -0.457 e. The molecule has 0 amide bonds. The molecule has 1 unspecified atom stereocenters. The molecule has 6 aromatic rings. The maximum Gasteiger partial charge on any atom is 0.160 e. The first-order valence-corrected chi connectivity index (χ1v) is 15.9. The highest BCUT2D eigenvalue weighted by Gasteiger charge is 2.39. The predicted molar refractivity (Wildman–Crippen MR) is 188 cm³/mol. The summed E-state index contributed by atoms with van der Waals surface area (Å²) >= 11 is 0. The van der Waals surface area contributed by atoms with Crippen LogP contribution in [0.15, 0.2) is 157 Å². The van der Waals surface area contributed by atoms with Crippen LogP contribution in [-0.4, -0.2) is 9.97 Å². The zero-order valence-electron chi connectivity index (χ0n) is 26.0. The van der Waals surface area contributed by atoms with Gasteiger partial charge in [0, 0.05) is 28.0 Å². The van der Waals surface area contributed by atoms with E-state index in [1.54, 1.807) is 0 Å². The van der Waals surface area contributed by atoms with Gasteiger partial charge in [0.15, 0.2) is 5.82 Å². The van der Waals surface area contributed by atoms with Crippen molar-refractivity contribution in [2.24, 2.45) is 0 Å². The fraction of sp³-hybridized carbons (Fsp3) is 0.116. The van der Waals surface area contributed by atoms with Crippen LogP contribution in [0, 0.1) is 0 Å². The minimum absolute atomic E-state index is 0.0937. The van der Waals surface area contributed by atoms with E-state index in [9.17, 15) is 0 Å². The lowest BCUT2D eigenvalue weighted by Crippen LogP contribution is -2.17. The van der Waals surface area contributed by atoms with Crippen LogP contribution in [-0.2, 0) is 5.41 Å². The Labute approximate surface area is 270 Å². The third kappa shape index (κ3) is 5.14. The van der Waals surface area contributed by atoms with Gasteiger partial charge in [0.1, 0.15) is 11.5 Å². The first-order valence-electron chi connectivity index (χ1n) is 15.9. The van der Waals surface area contributed by atoms with E-state index < -0.39 is 0 Å². The highest BCUT2D eigenvalue weighted by atomic mass is 16.5. The molecule has 0 N–H and O–H groups in total. The fourth-order valence-corrected chi connectivity index (χ4v) is 6.92. The Morgan fingerprint density at radius 2 is 1.24 bits per heavy atom. The topological polar surface area (TPSA) is 35.0 Å². The van der Waals surface area contributed by atoms with Crippen molar-refractivity contribution in [2.45, 2.75) is 31.6 Å². The minimum atomic E-state index is -0.0937. The zero-order chi connectivity index (χ0) is 31.1. The van der Waals surface area contributed by atoms with E-state index in [2.05, 4.69) is 123 Å². The summed E-state index contributed by atoms with van der Waals surface area (Å²) in [5, 5.41) is 0. The molecule has 0 fully saturated rings. The summed E-state index contributed by atoms with van der Waals surface area (Å²) in [7, 11) is 0. The lowest BCUT2D eigenvalue weighted by atomic mass is 9.78. The van der Waals surface area contributed by atoms with Crippen LogP contribution in [0.2, 0.25) is 0 Å². The van der Waals surface area contributed by atoms with Crippen LogP contribution in [0.3, 0.4) is 0 Å². The highest BCUT2D eigenvalue weighted by molar-refractivity contribution is 5.84. The molecule has 46 heavy (non-hydrogen) atoms. The molecule has 8 rings (SSSR count). The third-order valence-corrected chi connectivity index (χ3v) is 9.32. The van der Waals surface area contributed by atoms with Crippen LogP contribution >= 0.6 is 0 Å². The summed E-state index contributed by atoms with van der Waals surface area (Å²) < 4.78 is 6.22. The quantitative estimate of drug-likeness (QED) is 0.192. The summed E-state index contributed by atoms with van der Waals surface area (Å²) in [4.78, 5) is 10.2. The van der Waals surface area contributed by atoms with Gasteiger partial charge < -0.3 is 4.74 Å². The second-order valence-electron chi connectivity index (χ2n) is 12.6. The van der Waals surface area contributed by atoms with Crippen molar-refractivity contribution in [3.63, 3.8) is 0 Å². The van der Waals surface area contributed by atoms with Gasteiger partial charge in [0.25, 0.3) is 0 Å². The van der Waals surface area contributed by atoms with Gasteiger partial charge in [-0.3, -0.25) is 0 Å². The van der Waals surface area contributed by atoms with E-state index in [0.29, 0.717) is 0 Å². The molecule has 1 heterocycles. The lowest BCUT2D eigenvalue weighted by molar-refractivity contribution is 0.480. The van der Waals surface area contributed by atoms with E-state index >= 15 is 0 Å². The number of allylic oxidation sites excluding steroid dienone is 4. The monoisotopic (exact) mass is 594 g/mol. The summed E-state index contributed by atoms with van der Waals surface area (Å²) in [5.41, 5.74) is 11.7. The maximum atomic E-state index is 6.22. The first-order chi connectivity index (χ1) is 22.5. The standard InChI is InChI=1S/C43H34N2O/c1-43(2)38-24-21-32(26-37(38)36-23-22-35(27-39(36)43)46-34-19-10-5-11-20-34)31-17-12-18-33(25-31)42-44-40(29-13-6-3-7-14-29)28-41(45-42)30-15-8-4-9-16-30/h3-25,27-28,32H,26H2,1-2H3. The van der Waals surface area contributed by atoms with Crippen molar-refractivity contribution >= 4 is 5.57 Å². The van der Waals surface area contributed by atoms with Crippen molar-refractivity contribution in [1.29, 1.82) is 0 Å². The van der Waals surface area contributed by atoms with E-state index in [1.807, 2.05) is 42.5 Å². The normalized spacial score (nSPS) is 16.2. The van der Waals surface area contributed by atoms with Crippen LogP contribution in [0.1, 0.15) is 42.9 Å². The Kier molecular flexibility index (Phi) is 6.95. The number of para-hydroxylation sites is 1. The number of ether oxygens (including phenoxy) is 1. The molecule has 0 spiro atoms. The summed E-state index contributed by atoms with van der Waals surface area (Å²) in [6.45, 7) is 4.65. The van der Waals surface area contributed by atoms with Gasteiger partial charge in [-0.1, -0.05) is 129 Å². The van der Waals surface area contributed by atoms with Gasteiger partial charge in [-0.05, 0) is 70.7 Å². The second kappa shape index (κ2) is 11.4. The molecule has 0 aliphatic heterocycles. The van der Waals surface area contributed by atoms with E-state index in [4.69, 9.17) is 14.7 Å². The Morgan fingerprint density at radius 1 is 0.609 bits per heavy atom. The van der Waals surface area contributed by atoms with E-state index in [-0.39, 0.29) is 11.3 Å². The van der Waals surface area contributed by atoms with Gasteiger partial charge in [0.05, 0.1) is 11.4 Å². The number of hydrogen-bond acceptors (Lipinski definition) is 3. The molecule has 5 aromatic carbocycles. The smallest absolute Gasteiger partial charge is 0.160 e. The van der Waals surface area contributed by atoms with Crippen molar-refractivity contribution < 1.29 is 4.74 Å². The first kappa shape index (κ1) is 28.0. The van der Waals surface area contributed by atoms with Crippen LogP contribution < -0.4 is 4.74 Å². The lowest BCUT2D eigenvalue weighted by Gasteiger charge is -2.26. The molecule has 0 bridgehead atoms.